The van der Waals surface area contributed by atoms with Gasteiger partial charge in [-0.25, -0.2) is 4.98 Å². The summed E-state index contributed by atoms with van der Waals surface area (Å²) in [5.41, 5.74) is 3.76. The van der Waals surface area contributed by atoms with Crippen molar-refractivity contribution in [2.75, 3.05) is 17.2 Å². The highest BCUT2D eigenvalue weighted by Crippen LogP contribution is 2.24. The fourth-order valence-electron chi connectivity index (χ4n) is 4.26. The van der Waals surface area contributed by atoms with Gasteiger partial charge in [0.05, 0.1) is 6.10 Å². The zero-order valence-corrected chi connectivity index (χ0v) is 20.3. The molecule has 0 atom stereocenters. The van der Waals surface area contributed by atoms with Gasteiger partial charge in [-0.3, -0.25) is 4.79 Å². The van der Waals surface area contributed by atoms with E-state index in [1.807, 2.05) is 30.3 Å². The molecule has 0 radical (unpaired) electrons. The minimum Gasteiger partial charge on any atom is -0.393 e. The zero-order valence-electron chi connectivity index (χ0n) is 20.3. The molecule has 1 aliphatic rings. The summed E-state index contributed by atoms with van der Waals surface area (Å²) in [6.45, 7) is 3.34. The first-order chi connectivity index (χ1) is 17.1. The molecule has 0 spiro atoms. The Hall–Kier alpha value is -3.45. The Morgan fingerprint density at radius 2 is 1.71 bits per heavy atom. The summed E-state index contributed by atoms with van der Waals surface area (Å²) in [7, 11) is 0. The van der Waals surface area contributed by atoms with Gasteiger partial charge in [0.25, 0.3) is 5.91 Å². The minimum absolute atomic E-state index is 0.175. The molecule has 184 valence electrons. The molecular weight excluding hydrogens is 438 g/mol. The first kappa shape index (κ1) is 24.7. The molecule has 1 saturated carbocycles. The lowest BCUT2D eigenvalue weighted by atomic mass is 9.93. The number of benzene rings is 2. The third-order valence-corrected chi connectivity index (χ3v) is 6.40. The van der Waals surface area contributed by atoms with Gasteiger partial charge in [0, 0.05) is 25.3 Å². The van der Waals surface area contributed by atoms with Gasteiger partial charge in [-0.1, -0.05) is 67.9 Å². The number of carbonyl (C=O) groups is 1. The van der Waals surface area contributed by atoms with Crippen molar-refractivity contribution < 1.29 is 9.90 Å². The van der Waals surface area contributed by atoms with Crippen LogP contribution in [0.5, 0.6) is 0 Å². The maximum absolute atomic E-state index is 13.1. The van der Waals surface area contributed by atoms with Crippen molar-refractivity contribution in [2.24, 2.45) is 0 Å². The lowest BCUT2D eigenvalue weighted by Crippen LogP contribution is -2.31. The third-order valence-electron chi connectivity index (χ3n) is 6.40. The highest BCUT2D eigenvalue weighted by molar-refractivity contribution is 5.98. The lowest BCUT2D eigenvalue weighted by Gasteiger charge is -2.27. The number of aromatic nitrogens is 2. The van der Waals surface area contributed by atoms with Crippen molar-refractivity contribution in [3.8, 4) is 11.1 Å². The molecule has 0 aliphatic heterocycles. The number of nitrogens with one attached hydrogen (secondary N) is 3. The minimum atomic E-state index is -0.235. The number of hydrogen-bond acceptors (Lipinski definition) is 6. The summed E-state index contributed by atoms with van der Waals surface area (Å²) < 4.78 is 0. The monoisotopic (exact) mass is 473 g/mol. The van der Waals surface area contributed by atoms with Crippen molar-refractivity contribution in [1.29, 1.82) is 0 Å². The van der Waals surface area contributed by atoms with Crippen LogP contribution in [-0.2, 0) is 6.54 Å². The smallest absolute Gasteiger partial charge is 0.256 e. The van der Waals surface area contributed by atoms with E-state index in [0.717, 1.165) is 56.2 Å². The van der Waals surface area contributed by atoms with E-state index >= 15 is 0 Å². The molecule has 7 nitrogen and oxygen atoms in total. The second kappa shape index (κ2) is 12.3. The summed E-state index contributed by atoms with van der Waals surface area (Å²) in [5.74, 6) is 0.845. The topological polar surface area (TPSA) is 99.2 Å². The molecule has 0 bridgehead atoms. The zero-order chi connectivity index (χ0) is 24.5. The van der Waals surface area contributed by atoms with E-state index in [-0.39, 0.29) is 18.1 Å². The molecule has 1 amide bonds. The molecule has 0 saturated heterocycles. The van der Waals surface area contributed by atoms with Gasteiger partial charge in [0.1, 0.15) is 11.4 Å². The van der Waals surface area contributed by atoms with Crippen LogP contribution >= 0.6 is 0 Å². The van der Waals surface area contributed by atoms with Crippen molar-refractivity contribution in [2.45, 2.75) is 64.1 Å². The van der Waals surface area contributed by atoms with Gasteiger partial charge >= 0.3 is 0 Å². The molecule has 1 fully saturated rings. The van der Waals surface area contributed by atoms with E-state index in [4.69, 9.17) is 0 Å². The second-order valence-electron chi connectivity index (χ2n) is 9.13. The van der Waals surface area contributed by atoms with E-state index in [1.54, 1.807) is 6.20 Å². The lowest BCUT2D eigenvalue weighted by molar-refractivity contribution is 0.0950. The molecule has 1 heterocycles. The Morgan fingerprint density at radius 3 is 2.43 bits per heavy atom. The summed E-state index contributed by atoms with van der Waals surface area (Å²) >= 11 is 0. The Bertz CT molecular complexity index is 1080. The third kappa shape index (κ3) is 7.02. The fraction of sp³-hybridized carbons (Fsp3) is 0.393. The van der Waals surface area contributed by atoms with Gasteiger partial charge in [0.2, 0.25) is 5.95 Å². The number of unbranched alkanes of at least 4 members (excludes halogenated alkanes) is 1. The van der Waals surface area contributed by atoms with Gasteiger partial charge in [-0.15, -0.1) is 0 Å². The fourth-order valence-corrected chi connectivity index (χ4v) is 4.26. The molecule has 1 aromatic heterocycles. The Balaban J connectivity index is 1.43. The van der Waals surface area contributed by atoms with Gasteiger partial charge in [-0.2, -0.15) is 4.98 Å². The number of anilines is 2. The van der Waals surface area contributed by atoms with Crippen molar-refractivity contribution in [3.05, 3.63) is 71.9 Å². The van der Waals surface area contributed by atoms with Crippen LogP contribution in [0.2, 0.25) is 0 Å². The number of amides is 1. The van der Waals surface area contributed by atoms with Crippen LogP contribution in [0.4, 0.5) is 11.8 Å². The van der Waals surface area contributed by atoms with Crippen LogP contribution in [0, 0.1) is 0 Å². The first-order valence-corrected chi connectivity index (χ1v) is 12.6. The summed E-state index contributed by atoms with van der Waals surface area (Å²) in [4.78, 5) is 22.1. The molecule has 3 aromatic rings. The molecular formula is C28H35N5O2. The van der Waals surface area contributed by atoms with Crippen LogP contribution in [0.1, 0.15) is 61.4 Å². The normalized spacial score (nSPS) is 17.5. The van der Waals surface area contributed by atoms with Crippen LogP contribution in [0.15, 0.2) is 60.8 Å². The number of aliphatic hydroxyl groups excluding tert-OH is 1. The van der Waals surface area contributed by atoms with Gasteiger partial charge in [-0.05, 0) is 48.8 Å². The Morgan fingerprint density at radius 1 is 1.00 bits per heavy atom. The molecule has 7 heteroatoms. The van der Waals surface area contributed by atoms with Crippen molar-refractivity contribution in [3.63, 3.8) is 0 Å². The van der Waals surface area contributed by atoms with Crippen LogP contribution in [0.25, 0.3) is 11.1 Å². The van der Waals surface area contributed by atoms with Crippen LogP contribution in [0.3, 0.4) is 0 Å². The predicted molar refractivity (Wildman–Crippen MR) is 140 cm³/mol. The first-order valence-electron chi connectivity index (χ1n) is 12.6. The highest BCUT2D eigenvalue weighted by Gasteiger charge is 2.22. The Labute approximate surface area is 207 Å². The standard InChI is InChI=1S/C28H35N5O2/c1-2-3-17-29-28-31-19-25(26(33-28)32-23-13-15-24(34)16-14-23)27(35)30-18-20-9-11-22(12-10-20)21-7-5-4-6-8-21/h4-12,19,23-24,34H,2-3,13-18H2,1H3,(H,30,35)(H2,29,31,32,33)/t23-,24-. The summed E-state index contributed by atoms with van der Waals surface area (Å²) in [5, 5.41) is 19.5. The largest absolute Gasteiger partial charge is 0.393 e. The highest BCUT2D eigenvalue weighted by atomic mass is 16.3. The van der Waals surface area contributed by atoms with E-state index in [1.165, 1.54) is 5.56 Å². The van der Waals surface area contributed by atoms with E-state index in [0.29, 0.717) is 23.9 Å². The van der Waals surface area contributed by atoms with Crippen LogP contribution < -0.4 is 16.0 Å². The maximum Gasteiger partial charge on any atom is 0.256 e. The van der Waals surface area contributed by atoms with E-state index < -0.39 is 0 Å². The molecule has 0 unspecified atom stereocenters. The van der Waals surface area contributed by atoms with E-state index in [2.05, 4.69) is 57.1 Å². The maximum atomic E-state index is 13.1. The molecule has 35 heavy (non-hydrogen) atoms. The summed E-state index contributed by atoms with van der Waals surface area (Å²) in [6.07, 6.45) is 6.66. The second-order valence-corrected chi connectivity index (χ2v) is 9.13. The quantitative estimate of drug-likeness (QED) is 0.309. The van der Waals surface area contributed by atoms with Gasteiger partial charge < -0.3 is 21.1 Å². The molecule has 4 N–H and O–H groups in total. The number of hydrogen-bond donors (Lipinski definition) is 4. The Kier molecular flexibility index (Phi) is 8.68. The summed E-state index contributed by atoms with van der Waals surface area (Å²) in [6, 6.07) is 18.6. The van der Waals surface area contributed by atoms with Crippen LogP contribution in [-0.4, -0.2) is 39.7 Å². The van der Waals surface area contributed by atoms with Crippen molar-refractivity contribution >= 4 is 17.7 Å². The van der Waals surface area contributed by atoms with E-state index in [9.17, 15) is 9.90 Å². The average molecular weight is 474 g/mol. The molecule has 2 aromatic carbocycles. The molecule has 1 aliphatic carbocycles. The predicted octanol–water partition coefficient (Wildman–Crippen LogP) is 5.00. The SMILES string of the molecule is CCCCNc1ncc(C(=O)NCc2ccc(-c3ccccc3)cc2)c(N[C@H]2CC[C@H](O)CC2)n1. The number of nitrogens with zero attached hydrogens (tertiary/aromatic N) is 2. The van der Waals surface area contributed by atoms with Gasteiger partial charge in [0.15, 0.2) is 0 Å². The molecule has 4 rings (SSSR count). The average Bonchev–Trinajstić information content (AvgIpc) is 2.90. The number of carbonyl (C=O) groups excluding carboxylic acids is 1. The number of aliphatic hydroxyl groups is 1. The van der Waals surface area contributed by atoms with Crippen molar-refractivity contribution in [1.82, 2.24) is 15.3 Å². The number of rotatable bonds is 10.